The number of ketones is 1. The van der Waals surface area contributed by atoms with Crippen molar-refractivity contribution in [3.63, 3.8) is 0 Å². The Hall–Kier alpha value is -2.86. The molecule has 0 unspecified atom stereocenters. The van der Waals surface area contributed by atoms with Crippen molar-refractivity contribution in [2.75, 3.05) is 6.67 Å². The van der Waals surface area contributed by atoms with E-state index in [4.69, 9.17) is 11.6 Å². The molecular weight excluding hydrogens is 465 g/mol. The topological polar surface area (TPSA) is 75.7 Å². The Bertz CT molecular complexity index is 1270. The van der Waals surface area contributed by atoms with Crippen LogP contribution in [0.1, 0.15) is 69.4 Å². The Balaban J connectivity index is 1.60. The highest BCUT2D eigenvalue weighted by Crippen LogP contribution is 2.39. The highest BCUT2D eigenvalue weighted by molar-refractivity contribution is 6.33. The van der Waals surface area contributed by atoms with Crippen molar-refractivity contribution >= 4 is 17.4 Å². The molecule has 1 aliphatic rings. The molecule has 1 fully saturated rings. The van der Waals surface area contributed by atoms with Gasteiger partial charge in [-0.05, 0) is 54.5 Å². The zero-order valence-electron chi connectivity index (χ0n) is 20.2. The number of rotatable bonds is 8. The van der Waals surface area contributed by atoms with Crippen molar-refractivity contribution in [2.45, 2.75) is 64.7 Å². The summed E-state index contributed by atoms with van der Waals surface area (Å²) in [5.41, 5.74) is 2.00. The quantitative estimate of drug-likeness (QED) is 0.377. The maximum atomic E-state index is 13.8. The predicted octanol–water partition coefficient (Wildman–Crippen LogP) is 6.70. The van der Waals surface area contributed by atoms with E-state index in [0.29, 0.717) is 47.4 Å². The molecule has 0 radical (unpaired) electrons. The fourth-order valence-corrected chi connectivity index (χ4v) is 5.03. The van der Waals surface area contributed by atoms with E-state index in [2.05, 4.69) is 28.8 Å². The largest absolute Gasteiger partial charge is 0.348 e. The summed E-state index contributed by atoms with van der Waals surface area (Å²) in [6.45, 7) is 3.62. The number of aryl methyl sites for hydroxylation is 1. The summed E-state index contributed by atoms with van der Waals surface area (Å²) < 4.78 is 13.8. The highest BCUT2D eigenvalue weighted by atomic mass is 35.5. The van der Waals surface area contributed by atoms with Crippen LogP contribution in [-0.2, 0) is 11.2 Å². The van der Waals surface area contributed by atoms with Gasteiger partial charge in [0.2, 0.25) is 0 Å². The monoisotopic (exact) mass is 495 g/mol. The van der Waals surface area contributed by atoms with Gasteiger partial charge in [-0.3, -0.25) is 14.2 Å². The number of benzene rings is 2. The third-order valence-corrected chi connectivity index (χ3v) is 7.38. The van der Waals surface area contributed by atoms with E-state index in [1.165, 1.54) is 0 Å². The van der Waals surface area contributed by atoms with E-state index in [9.17, 15) is 14.0 Å². The molecule has 2 aromatic carbocycles. The van der Waals surface area contributed by atoms with Crippen LogP contribution in [0.3, 0.4) is 0 Å². The van der Waals surface area contributed by atoms with Gasteiger partial charge in [0.05, 0.1) is 10.4 Å². The van der Waals surface area contributed by atoms with Gasteiger partial charge in [0.1, 0.15) is 18.3 Å². The van der Waals surface area contributed by atoms with E-state index in [1.54, 1.807) is 6.07 Å². The van der Waals surface area contributed by atoms with Crippen LogP contribution in [0, 0.1) is 5.41 Å². The Morgan fingerprint density at radius 3 is 2.60 bits per heavy atom. The first-order chi connectivity index (χ1) is 16.8. The van der Waals surface area contributed by atoms with Crippen molar-refractivity contribution in [3.8, 4) is 22.8 Å². The van der Waals surface area contributed by atoms with Crippen LogP contribution in [0.5, 0.6) is 0 Å². The average molecular weight is 496 g/mol. The number of carbonyl (C=O) groups excluding carboxylic acids is 1. The lowest BCUT2D eigenvalue weighted by atomic mass is 9.71. The van der Waals surface area contributed by atoms with Crippen LogP contribution in [0.2, 0.25) is 5.02 Å². The standard InChI is InChI=1S/C28H31ClFN3O2/c1-18(2)20-7-6-8-21(16-20)25-31-26(33-27(35)32-25)22-15-19(9-11-23(22)29)10-12-24(34)28(17-30)13-4-3-5-14-28/h6-9,11,15-16,18H,3-5,10,12-14,17H2,1-2H3,(H,31,32,33,35). The SMILES string of the molecule is CC(C)c1cccc(-c2nc(-c3cc(CCC(=O)C4(CF)CCCCC4)ccc3Cl)[nH]c(=O)n2)c1. The summed E-state index contributed by atoms with van der Waals surface area (Å²) in [4.78, 5) is 36.7. The molecule has 0 saturated heterocycles. The molecule has 1 aliphatic carbocycles. The van der Waals surface area contributed by atoms with Crippen LogP contribution in [0.4, 0.5) is 4.39 Å². The van der Waals surface area contributed by atoms with Crippen LogP contribution in [0.25, 0.3) is 22.8 Å². The fraction of sp³-hybridized carbons (Fsp3) is 0.429. The second kappa shape index (κ2) is 10.8. The molecule has 5 nitrogen and oxygen atoms in total. The maximum Gasteiger partial charge on any atom is 0.348 e. The van der Waals surface area contributed by atoms with Gasteiger partial charge in [-0.25, -0.2) is 9.78 Å². The molecule has 1 saturated carbocycles. The minimum Gasteiger partial charge on any atom is -0.299 e. The maximum absolute atomic E-state index is 13.8. The molecule has 1 N–H and O–H groups in total. The molecule has 7 heteroatoms. The van der Waals surface area contributed by atoms with E-state index >= 15 is 0 Å². The Morgan fingerprint density at radius 2 is 1.89 bits per heavy atom. The van der Waals surface area contributed by atoms with Gasteiger partial charge < -0.3 is 0 Å². The first kappa shape index (κ1) is 25.2. The van der Waals surface area contributed by atoms with Gasteiger partial charge in [0.25, 0.3) is 0 Å². The number of nitrogens with zero attached hydrogens (tertiary/aromatic N) is 2. The molecule has 0 spiro atoms. The zero-order valence-corrected chi connectivity index (χ0v) is 21.0. The van der Waals surface area contributed by atoms with Crippen LogP contribution < -0.4 is 5.69 Å². The number of alkyl halides is 1. The molecule has 0 atom stereocenters. The summed E-state index contributed by atoms with van der Waals surface area (Å²) in [6.07, 6.45) is 4.90. The van der Waals surface area contributed by atoms with Crippen molar-refractivity contribution < 1.29 is 9.18 Å². The lowest BCUT2D eigenvalue weighted by molar-refractivity contribution is -0.131. The number of carbonyl (C=O) groups is 1. The molecule has 1 heterocycles. The minimum absolute atomic E-state index is 0.000960. The second-order valence-corrected chi connectivity index (χ2v) is 10.2. The molecule has 184 valence electrons. The number of H-pyrrole nitrogens is 1. The average Bonchev–Trinajstić information content (AvgIpc) is 2.88. The van der Waals surface area contributed by atoms with E-state index in [-0.39, 0.29) is 12.2 Å². The minimum atomic E-state index is -0.815. The van der Waals surface area contributed by atoms with Crippen LogP contribution in [-0.4, -0.2) is 27.4 Å². The molecule has 0 amide bonds. The summed E-state index contributed by atoms with van der Waals surface area (Å²) in [5, 5.41) is 0.434. The molecule has 35 heavy (non-hydrogen) atoms. The van der Waals surface area contributed by atoms with Gasteiger partial charge in [-0.15, -0.1) is 0 Å². The second-order valence-electron chi connectivity index (χ2n) is 9.82. The zero-order chi connectivity index (χ0) is 25.0. The summed E-state index contributed by atoms with van der Waals surface area (Å²) >= 11 is 6.48. The molecule has 3 aromatic rings. The number of halogens is 2. The van der Waals surface area contributed by atoms with Gasteiger partial charge >= 0.3 is 5.69 Å². The third kappa shape index (κ3) is 5.69. The predicted molar refractivity (Wildman–Crippen MR) is 137 cm³/mol. The van der Waals surface area contributed by atoms with Crippen LogP contribution >= 0.6 is 11.6 Å². The number of nitrogens with one attached hydrogen (secondary N) is 1. The Kier molecular flexibility index (Phi) is 7.80. The molecular formula is C28H31ClFN3O2. The fourth-order valence-electron chi connectivity index (χ4n) is 4.83. The van der Waals surface area contributed by atoms with Crippen molar-refractivity contribution in [1.29, 1.82) is 0 Å². The van der Waals surface area contributed by atoms with Crippen molar-refractivity contribution in [2.24, 2.45) is 5.41 Å². The van der Waals surface area contributed by atoms with E-state index in [1.807, 2.05) is 36.4 Å². The first-order valence-electron chi connectivity index (χ1n) is 12.3. The van der Waals surface area contributed by atoms with E-state index in [0.717, 1.165) is 36.0 Å². The molecule has 0 aliphatic heterocycles. The lowest BCUT2D eigenvalue weighted by Crippen LogP contribution is -2.35. The first-order valence-corrected chi connectivity index (χ1v) is 12.7. The number of aromatic amines is 1. The number of aromatic nitrogens is 3. The number of hydrogen-bond donors (Lipinski definition) is 1. The lowest BCUT2D eigenvalue weighted by Gasteiger charge is -2.33. The smallest absolute Gasteiger partial charge is 0.299 e. The normalized spacial score (nSPS) is 15.3. The Labute approximate surface area is 210 Å². The van der Waals surface area contributed by atoms with E-state index < -0.39 is 17.8 Å². The molecule has 4 rings (SSSR count). The third-order valence-electron chi connectivity index (χ3n) is 7.05. The number of hydrogen-bond acceptors (Lipinski definition) is 4. The Morgan fingerprint density at radius 1 is 1.11 bits per heavy atom. The van der Waals surface area contributed by atoms with Gasteiger partial charge in [-0.1, -0.05) is 69.0 Å². The summed E-state index contributed by atoms with van der Waals surface area (Å²) in [7, 11) is 0. The molecule has 1 aromatic heterocycles. The van der Waals surface area contributed by atoms with Crippen LogP contribution in [0.15, 0.2) is 47.3 Å². The summed E-state index contributed by atoms with van der Waals surface area (Å²) in [6, 6.07) is 13.3. The van der Waals surface area contributed by atoms with Gasteiger partial charge in [0.15, 0.2) is 5.82 Å². The summed E-state index contributed by atoms with van der Waals surface area (Å²) in [5.74, 6) is 0.972. The highest BCUT2D eigenvalue weighted by Gasteiger charge is 2.38. The molecule has 0 bridgehead atoms. The van der Waals surface area contributed by atoms with Crippen molar-refractivity contribution in [1.82, 2.24) is 15.0 Å². The van der Waals surface area contributed by atoms with Gasteiger partial charge in [0, 0.05) is 17.5 Å². The van der Waals surface area contributed by atoms with Gasteiger partial charge in [-0.2, -0.15) is 4.98 Å². The number of Topliss-reactive ketones (excluding diaryl/α,β-unsaturated/α-hetero) is 1. The van der Waals surface area contributed by atoms with Crippen molar-refractivity contribution in [3.05, 3.63) is 69.1 Å².